The minimum Gasteiger partial charge on any atom is -0.326 e. The summed E-state index contributed by atoms with van der Waals surface area (Å²) in [5.74, 6) is -0.519. The summed E-state index contributed by atoms with van der Waals surface area (Å²) in [6.07, 6.45) is -4.11. The van der Waals surface area contributed by atoms with Crippen LogP contribution in [0, 0.1) is 5.92 Å². The fraction of sp³-hybridized carbons (Fsp3) is 0.263. The Labute approximate surface area is 149 Å². The Kier molecular flexibility index (Phi) is 6.02. The average Bonchev–Trinajstić information content (AvgIpc) is 2.55. The molecule has 0 bridgehead atoms. The van der Waals surface area contributed by atoms with Gasteiger partial charge in [0.05, 0.1) is 5.56 Å². The van der Waals surface area contributed by atoms with Crippen molar-refractivity contribution >= 4 is 23.2 Å². The van der Waals surface area contributed by atoms with E-state index in [1.165, 1.54) is 12.1 Å². The van der Waals surface area contributed by atoms with Crippen molar-refractivity contribution in [3.8, 4) is 0 Å². The van der Waals surface area contributed by atoms with Crippen LogP contribution < -0.4 is 10.6 Å². The molecule has 0 aromatic heterocycles. The Hall–Kier alpha value is -2.83. The summed E-state index contributed by atoms with van der Waals surface area (Å²) >= 11 is 0. The lowest BCUT2D eigenvalue weighted by atomic mass is 10.1. The molecule has 0 aliphatic carbocycles. The third kappa shape index (κ3) is 5.61. The number of benzene rings is 2. The van der Waals surface area contributed by atoms with Gasteiger partial charge in [-0.05, 0) is 48.4 Å². The van der Waals surface area contributed by atoms with Crippen molar-refractivity contribution in [2.75, 3.05) is 10.6 Å². The molecule has 0 spiro atoms. The SMILES string of the molecule is CC(C)CC(=O)Nc1ccc(NC(=O)c2cccc(C(F)(F)F)c2)cc1. The van der Waals surface area contributed by atoms with E-state index >= 15 is 0 Å². The van der Waals surface area contributed by atoms with E-state index in [1.54, 1.807) is 24.3 Å². The van der Waals surface area contributed by atoms with Crippen molar-refractivity contribution in [1.29, 1.82) is 0 Å². The average molecular weight is 364 g/mol. The van der Waals surface area contributed by atoms with Crippen LogP contribution in [0.3, 0.4) is 0 Å². The molecule has 4 nitrogen and oxygen atoms in total. The molecule has 0 aliphatic heterocycles. The second-order valence-electron chi connectivity index (χ2n) is 6.26. The highest BCUT2D eigenvalue weighted by Gasteiger charge is 2.30. The number of hydrogen-bond acceptors (Lipinski definition) is 2. The van der Waals surface area contributed by atoms with Gasteiger partial charge in [-0.1, -0.05) is 19.9 Å². The molecule has 0 unspecified atom stereocenters. The minimum atomic E-state index is -4.51. The van der Waals surface area contributed by atoms with Crippen molar-refractivity contribution in [2.24, 2.45) is 5.92 Å². The normalized spacial score (nSPS) is 11.3. The summed E-state index contributed by atoms with van der Waals surface area (Å²) in [4.78, 5) is 23.8. The number of nitrogens with one attached hydrogen (secondary N) is 2. The van der Waals surface area contributed by atoms with Crippen molar-refractivity contribution < 1.29 is 22.8 Å². The fourth-order valence-corrected chi connectivity index (χ4v) is 2.26. The Balaban J connectivity index is 2.03. The lowest BCUT2D eigenvalue weighted by Gasteiger charge is -2.10. The minimum absolute atomic E-state index is 0.0888. The van der Waals surface area contributed by atoms with Crippen LogP contribution in [-0.2, 0) is 11.0 Å². The van der Waals surface area contributed by atoms with E-state index in [-0.39, 0.29) is 17.4 Å². The van der Waals surface area contributed by atoms with Gasteiger partial charge in [0.2, 0.25) is 5.91 Å². The summed E-state index contributed by atoms with van der Waals surface area (Å²) in [5, 5.41) is 5.26. The number of rotatable bonds is 5. The predicted molar refractivity (Wildman–Crippen MR) is 93.9 cm³/mol. The maximum atomic E-state index is 12.7. The second-order valence-corrected chi connectivity index (χ2v) is 6.26. The first kappa shape index (κ1) is 19.5. The first-order valence-corrected chi connectivity index (χ1v) is 8.03. The van der Waals surface area contributed by atoms with Gasteiger partial charge in [0.15, 0.2) is 0 Å². The summed E-state index contributed by atoms with van der Waals surface area (Å²) in [6, 6.07) is 10.6. The molecule has 2 rings (SSSR count). The third-order valence-corrected chi connectivity index (χ3v) is 3.47. The van der Waals surface area contributed by atoms with E-state index in [1.807, 2.05) is 13.8 Å². The van der Waals surface area contributed by atoms with Gasteiger partial charge in [-0.2, -0.15) is 13.2 Å². The quantitative estimate of drug-likeness (QED) is 0.789. The van der Waals surface area contributed by atoms with Crippen LogP contribution in [0.5, 0.6) is 0 Å². The number of carbonyl (C=O) groups is 2. The van der Waals surface area contributed by atoms with E-state index in [4.69, 9.17) is 0 Å². The van der Waals surface area contributed by atoms with Crippen molar-refractivity contribution in [2.45, 2.75) is 26.4 Å². The van der Waals surface area contributed by atoms with Gasteiger partial charge in [-0.25, -0.2) is 0 Å². The lowest BCUT2D eigenvalue weighted by Crippen LogP contribution is -2.15. The smallest absolute Gasteiger partial charge is 0.326 e. The molecule has 0 radical (unpaired) electrons. The predicted octanol–water partition coefficient (Wildman–Crippen LogP) is 4.94. The number of anilines is 2. The molecule has 0 aliphatic rings. The first-order chi connectivity index (χ1) is 12.1. The summed E-state index contributed by atoms with van der Waals surface area (Å²) < 4.78 is 38.2. The largest absolute Gasteiger partial charge is 0.416 e. The molecule has 0 atom stereocenters. The summed E-state index contributed by atoms with van der Waals surface area (Å²) in [7, 11) is 0. The number of amides is 2. The summed E-state index contributed by atoms with van der Waals surface area (Å²) in [5.41, 5.74) is 0.0180. The van der Waals surface area contributed by atoms with Crippen molar-refractivity contribution in [1.82, 2.24) is 0 Å². The van der Waals surface area contributed by atoms with Gasteiger partial charge in [0.25, 0.3) is 5.91 Å². The van der Waals surface area contributed by atoms with E-state index in [2.05, 4.69) is 10.6 Å². The molecule has 0 fully saturated rings. The van der Waals surface area contributed by atoms with Gasteiger partial charge in [-0.15, -0.1) is 0 Å². The summed E-state index contributed by atoms with van der Waals surface area (Å²) in [6.45, 7) is 3.87. The molecule has 0 heterocycles. The molecule has 138 valence electrons. The van der Waals surface area contributed by atoms with E-state index in [9.17, 15) is 22.8 Å². The van der Waals surface area contributed by atoms with Crippen molar-refractivity contribution in [3.63, 3.8) is 0 Å². The number of alkyl halides is 3. The Morgan fingerprint density at radius 2 is 1.54 bits per heavy atom. The van der Waals surface area contributed by atoms with Gasteiger partial charge >= 0.3 is 6.18 Å². The molecule has 2 aromatic carbocycles. The maximum Gasteiger partial charge on any atom is 0.416 e. The molecule has 2 N–H and O–H groups in total. The van der Waals surface area contributed by atoms with E-state index in [0.29, 0.717) is 17.8 Å². The number of carbonyl (C=O) groups excluding carboxylic acids is 2. The highest BCUT2D eigenvalue weighted by Crippen LogP contribution is 2.29. The zero-order valence-corrected chi connectivity index (χ0v) is 14.4. The van der Waals surface area contributed by atoms with Gasteiger partial charge in [0.1, 0.15) is 0 Å². The molecule has 0 saturated heterocycles. The molecule has 0 saturated carbocycles. The second kappa shape index (κ2) is 8.03. The van der Waals surface area contributed by atoms with Crippen molar-refractivity contribution in [3.05, 3.63) is 59.7 Å². The Bertz CT molecular complexity index is 784. The zero-order chi connectivity index (χ0) is 19.3. The highest BCUT2D eigenvalue weighted by molar-refractivity contribution is 6.04. The van der Waals surface area contributed by atoms with E-state index < -0.39 is 17.6 Å². The van der Waals surface area contributed by atoms with E-state index in [0.717, 1.165) is 12.1 Å². The third-order valence-electron chi connectivity index (χ3n) is 3.47. The van der Waals surface area contributed by atoms with Crippen LogP contribution in [0.15, 0.2) is 48.5 Å². The van der Waals surface area contributed by atoms with Gasteiger partial charge in [0, 0.05) is 23.4 Å². The van der Waals surface area contributed by atoms with Crippen LogP contribution in [0.1, 0.15) is 36.2 Å². The van der Waals surface area contributed by atoms with Crippen LogP contribution in [-0.4, -0.2) is 11.8 Å². The van der Waals surface area contributed by atoms with Crippen LogP contribution in [0.2, 0.25) is 0 Å². The highest BCUT2D eigenvalue weighted by atomic mass is 19.4. The van der Waals surface area contributed by atoms with Crippen LogP contribution in [0.4, 0.5) is 24.5 Å². The maximum absolute atomic E-state index is 12.7. The van der Waals surface area contributed by atoms with Gasteiger partial charge < -0.3 is 10.6 Å². The monoisotopic (exact) mass is 364 g/mol. The van der Waals surface area contributed by atoms with Gasteiger partial charge in [-0.3, -0.25) is 9.59 Å². The Morgan fingerprint density at radius 3 is 2.08 bits per heavy atom. The first-order valence-electron chi connectivity index (χ1n) is 8.03. The molecule has 7 heteroatoms. The molecular formula is C19H19F3N2O2. The number of hydrogen-bond donors (Lipinski definition) is 2. The standard InChI is InChI=1S/C19H19F3N2O2/c1-12(2)10-17(25)23-15-6-8-16(9-7-15)24-18(26)13-4-3-5-14(11-13)19(20,21)22/h3-9,11-12H,10H2,1-2H3,(H,23,25)(H,24,26). The topological polar surface area (TPSA) is 58.2 Å². The van der Waals surface area contributed by atoms with Crippen LogP contribution >= 0.6 is 0 Å². The molecule has 2 aromatic rings. The fourth-order valence-electron chi connectivity index (χ4n) is 2.26. The zero-order valence-electron chi connectivity index (χ0n) is 14.4. The van der Waals surface area contributed by atoms with Crippen LogP contribution in [0.25, 0.3) is 0 Å². The lowest BCUT2D eigenvalue weighted by molar-refractivity contribution is -0.137. The Morgan fingerprint density at radius 1 is 0.962 bits per heavy atom. The molecular weight excluding hydrogens is 345 g/mol. The number of halogens is 3. The molecule has 26 heavy (non-hydrogen) atoms. The molecule has 2 amide bonds.